The molecule has 0 radical (unpaired) electrons. The summed E-state index contributed by atoms with van der Waals surface area (Å²) in [6.07, 6.45) is 8.17. The van der Waals surface area contributed by atoms with Crippen LogP contribution in [0, 0.1) is 35.5 Å². The first kappa shape index (κ1) is 17.3. The Balaban J connectivity index is 1.17. The third-order valence-electron chi connectivity index (χ3n) is 7.73. The quantitative estimate of drug-likeness (QED) is 0.881. The number of anilines is 1. The number of hydrogen-bond acceptors (Lipinski definition) is 2. The molecule has 2 amide bonds. The summed E-state index contributed by atoms with van der Waals surface area (Å²) in [4.78, 5) is 27.9. The van der Waals surface area contributed by atoms with E-state index in [0.717, 1.165) is 43.5 Å². The minimum absolute atomic E-state index is 0.0211. The smallest absolute Gasteiger partial charge is 0.227 e. The highest BCUT2D eigenvalue weighted by Crippen LogP contribution is 2.57. The van der Waals surface area contributed by atoms with Gasteiger partial charge in [-0.05, 0) is 80.8 Å². The summed E-state index contributed by atoms with van der Waals surface area (Å²) in [6, 6.07) is 9.65. The number of carbonyl (C=O) groups is 2. The maximum Gasteiger partial charge on any atom is 0.227 e. The van der Waals surface area contributed by atoms with Crippen molar-refractivity contribution in [3.63, 3.8) is 0 Å². The normalized spacial score (nSPS) is 35.3. The Morgan fingerprint density at radius 2 is 1.44 bits per heavy atom. The van der Waals surface area contributed by atoms with E-state index in [2.05, 4.69) is 10.2 Å². The van der Waals surface area contributed by atoms with Crippen molar-refractivity contribution in [3.8, 4) is 0 Å². The fourth-order valence-electron chi connectivity index (χ4n) is 6.67. The summed E-state index contributed by atoms with van der Waals surface area (Å²) in [5, 5.41) is 3.02. The van der Waals surface area contributed by atoms with Crippen LogP contribution >= 0.6 is 0 Å². The molecule has 4 nitrogen and oxygen atoms in total. The van der Waals surface area contributed by atoms with E-state index in [0.29, 0.717) is 17.7 Å². The molecule has 27 heavy (non-hydrogen) atoms. The number of rotatable bonds is 3. The van der Waals surface area contributed by atoms with Gasteiger partial charge in [0.05, 0.1) is 0 Å². The minimum atomic E-state index is 0.0211. The van der Waals surface area contributed by atoms with Gasteiger partial charge >= 0.3 is 0 Å². The minimum Gasteiger partial charge on any atom is -0.342 e. The number of piperidine rings is 1. The van der Waals surface area contributed by atoms with Crippen molar-refractivity contribution in [3.05, 3.63) is 30.3 Å². The van der Waals surface area contributed by atoms with Crippen LogP contribution in [0.3, 0.4) is 0 Å². The fraction of sp³-hybridized carbons (Fsp3) is 0.652. The van der Waals surface area contributed by atoms with E-state index in [1.165, 1.54) is 32.1 Å². The molecular weight excluding hydrogens is 336 g/mol. The summed E-state index contributed by atoms with van der Waals surface area (Å²) < 4.78 is 0. The second-order valence-electron chi connectivity index (χ2n) is 9.41. The van der Waals surface area contributed by atoms with E-state index in [1.54, 1.807) is 0 Å². The van der Waals surface area contributed by atoms with E-state index in [9.17, 15) is 9.59 Å². The number of hydrogen-bond donors (Lipinski definition) is 1. The first-order chi connectivity index (χ1) is 13.2. The van der Waals surface area contributed by atoms with E-state index in [1.807, 2.05) is 30.3 Å². The van der Waals surface area contributed by atoms with Gasteiger partial charge in [0.1, 0.15) is 0 Å². The van der Waals surface area contributed by atoms with Crippen LogP contribution in [-0.4, -0.2) is 29.8 Å². The highest BCUT2D eigenvalue weighted by Gasteiger charge is 2.51. The zero-order valence-corrected chi connectivity index (χ0v) is 16.0. The number of amides is 2. The lowest BCUT2D eigenvalue weighted by atomic mass is 9.51. The van der Waals surface area contributed by atoms with Crippen LogP contribution in [0.1, 0.15) is 44.9 Å². The molecule has 1 aliphatic heterocycles. The topological polar surface area (TPSA) is 49.4 Å². The van der Waals surface area contributed by atoms with Gasteiger partial charge < -0.3 is 10.2 Å². The first-order valence-corrected chi connectivity index (χ1v) is 10.8. The van der Waals surface area contributed by atoms with Gasteiger partial charge in [-0.1, -0.05) is 18.2 Å². The molecule has 4 saturated carbocycles. The molecule has 0 atom stereocenters. The van der Waals surface area contributed by atoms with E-state index in [4.69, 9.17) is 0 Å². The Kier molecular flexibility index (Phi) is 4.45. The van der Waals surface area contributed by atoms with Crippen LogP contribution in [0.5, 0.6) is 0 Å². The van der Waals surface area contributed by atoms with Crippen molar-refractivity contribution in [1.29, 1.82) is 0 Å². The van der Waals surface area contributed by atoms with Gasteiger partial charge in [0.25, 0.3) is 0 Å². The molecule has 4 aliphatic carbocycles. The standard InChI is InChI=1S/C23H30N2O2/c26-22(24-20-4-2-1-3-5-20)17-6-8-25(9-7-17)23(27)21-18-11-15-10-16(13-18)14-19(21)12-15/h1-5,15-19,21H,6-14H2,(H,24,26). The summed E-state index contributed by atoms with van der Waals surface area (Å²) in [5.74, 6) is 3.92. The largest absolute Gasteiger partial charge is 0.342 e. The third-order valence-corrected chi connectivity index (χ3v) is 7.73. The molecule has 1 saturated heterocycles. The van der Waals surface area contributed by atoms with E-state index in [-0.39, 0.29) is 17.7 Å². The van der Waals surface area contributed by atoms with Crippen LogP contribution in [0.15, 0.2) is 30.3 Å². The van der Waals surface area contributed by atoms with Gasteiger partial charge in [-0.3, -0.25) is 9.59 Å². The average Bonchev–Trinajstić information content (AvgIpc) is 2.68. The number of likely N-dealkylation sites (tertiary alicyclic amines) is 1. The highest BCUT2D eigenvalue weighted by atomic mass is 16.2. The van der Waals surface area contributed by atoms with E-state index < -0.39 is 0 Å². The lowest BCUT2D eigenvalue weighted by Gasteiger charge is -2.54. The van der Waals surface area contributed by atoms with Crippen LogP contribution in [0.4, 0.5) is 5.69 Å². The summed E-state index contributed by atoms with van der Waals surface area (Å²) in [7, 11) is 0. The monoisotopic (exact) mass is 366 g/mol. The maximum absolute atomic E-state index is 13.3. The predicted molar refractivity (Wildman–Crippen MR) is 105 cm³/mol. The molecule has 5 aliphatic rings. The van der Waals surface area contributed by atoms with Gasteiger partial charge in [0.2, 0.25) is 11.8 Å². The Bertz CT molecular complexity index is 680. The van der Waals surface area contributed by atoms with Crippen molar-refractivity contribution in [2.24, 2.45) is 35.5 Å². The Hall–Kier alpha value is -1.84. The number of carbonyl (C=O) groups excluding carboxylic acids is 2. The van der Waals surface area contributed by atoms with Crippen LogP contribution in [0.2, 0.25) is 0 Å². The number of nitrogens with zero attached hydrogens (tertiary/aromatic N) is 1. The maximum atomic E-state index is 13.3. The predicted octanol–water partition coefficient (Wildman–Crippen LogP) is 3.94. The molecule has 5 fully saturated rings. The van der Waals surface area contributed by atoms with E-state index >= 15 is 0 Å². The summed E-state index contributed by atoms with van der Waals surface area (Å²) >= 11 is 0. The molecular formula is C23H30N2O2. The molecule has 1 aromatic rings. The highest BCUT2D eigenvalue weighted by molar-refractivity contribution is 5.92. The zero-order valence-electron chi connectivity index (χ0n) is 16.0. The molecule has 1 N–H and O–H groups in total. The van der Waals surface area contributed by atoms with Gasteiger partial charge in [-0.25, -0.2) is 0 Å². The van der Waals surface area contributed by atoms with Crippen LogP contribution in [0.25, 0.3) is 0 Å². The van der Waals surface area contributed by atoms with Gasteiger partial charge in [-0.15, -0.1) is 0 Å². The molecule has 4 heteroatoms. The van der Waals surface area contributed by atoms with Crippen molar-refractivity contribution < 1.29 is 9.59 Å². The fourth-order valence-corrected chi connectivity index (χ4v) is 6.67. The second-order valence-corrected chi connectivity index (χ2v) is 9.41. The average molecular weight is 367 g/mol. The van der Waals surface area contributed by atoms with Gasteiger partial charge in [0.15, 0.2) is 0 Å². The first-order valence-electron chi connectivity index (χ1n) is 10.8. The Labute approximate surface area is 161 Å². The lowest BCUT2D eigenvalue weighted by molar-refractivity contribution is -0.151. The third kappa shape index (κ3) is 3.28. The number of benzene rings is 1. The number of para-hydroxylation sites is 1. The molecule has 1 heterocycles. The van der Waals surface area contributed by atoms with Crippen molar-refractivity contribution in [2.45, 2.75) is 44.9 Å². The lowest BCUT2D eigenvalue weighted by Crippen LogP contribution is -2.53. The molecule has 6 rings (SSSR count). The van der Waals surface area contributed by atoms with Crippen LogP contribution in [-0.2, 0) is 9.59 Å². The molecule has 0 unspecified atom stereocenters. The van der Waals surface area contributed by atoms with Crippen molar-refractivity contribution in [2.75, 3.05) is 18.4 Å². The molecule has 0 spiro atoms. The zero-order chi connectivity index (χ0) is 18.4. The van der Waals surface area contributed by atoms with Gasteiger partial charge in [-0.2, -0.15) is 0 Å². The molecule has 4 bridgehead atoms. The Morgan fingerprint density at radius 1 is 0.852 bits per heavy atom. The summed E-state index contributed by atoms with van der Waals surface area (Å²) in [5.41, 5.74) is 0.856. The molecule has 0 aromatic heterocycles. The van der Waals surface area contributed by atoms with Crippen LogP contribution < -0.4 is 5.32 Å². The van der Waals surface area contributed by atoms with Crippen molar-refractivity contribution >= 4 is 17.5 Å². The summed E-state index contributed by atoms with van der Waals surface area (Å²) in [6.45, 7) is 1.49. The molecule has 1 aromatic carbocycles. The SMILES string of the molecule is O=C(Nc1ccccc1)C1CCN(C(=O)C2C3CC4CC(C3)CC2C4)CC1. The Morgan fingerprint density at radius 3 is 2.04 bits per heavy atom. The van der Waals surface area contributed by atoms with Gasteiger partial charge in [0, 0.05) is 30.6 Å². The van der Waals surface area contributed by atoms with Crippen molar-refractivity contribution in [1.82, 2.24) is 4.90 Å². The molecule has 144 valence electrons. The number of nitrogens with one attached hydrogen (secondary N) is 1. The second kappa shape index (κ2) is 6.96.